The molecular formula is C17H11F2N3O6S. The number of carboxylic acid groups (broad SMARTS) is 1. The molecule has 1 aliphatic rings. The van der Waals surface area contributed by atoms with Gasteiger partial charge in [0.15, 0.2) is 11.6 Å². The van der Waals surface area contributed by atoms with Crippen molar-refractivity contribution in [2.24, 2.45) is 0 Å². The number of halogens is 2. The van der Waals surface area contributed by atoms with Crippen LogP contribution in [-0.2, 0) is 4.79 Å². The standard InChI is InChI=1S/C17H11F2N3O6S/c18-6-1-7(19)15-13-11(6)14(25)12(16(26)21-3-10(23)24)17(27)22(13)8(4-28-15)9-2-20-5-29-9/h1-2,5,8,25H,3-4H2,(H,21,26)(H,23,24). The van der Waals surface area contributed by atoms with Gasteiger partial charge in [-0.25, -0.2) is 8.78 Å². The van der Waals surface area contributed by atoms with E-state index in [0.717, 1.165) is 15.9 Å². The lowest BCUT2D eigenvalue weighted by Gasteiger charge is -2.28. The highest BCUT2D eigenvalue weighted by Gasteiger charge is 2.35. The van der Waals surface area contributed by atoms with Crippen LogP contribution in [0.25, 0.3) is 10.9 Å². The van der Waals surface area contributed by atoms with Crippen LogP contribution in [0, 0.1) is 11.6 Å². The number of carbonyl (C=O) groups is 2. The minimum atomic E-state index is -1.38. The van der Waals surface area contributed by atoms with Gasteiger partial charge in [0.2, 0.25) is 0 Å². The number of amides is 1. The van der Waals surface area contributed by atoms with Gasteiger partial charge in [-0.2, -0.15) is 0 Å². The van der Waals surface area contributed by atoms with Crippen molar-refractivity contribution in [1.29, 1.82) is 0 Å². The van der Waals surface area contributed by atoms with E-state index in [4.69, 9.17) is 9.84 Å². The lowest BCUT2D eigenvalue weighted by atomic mass is 10.0. The topological polar surface area (TPSA) is 131 Å². The Bertz CT molecular complexity index is 1220. The molecule has 0 radical (unpaired) electrons. The van der Waals surface area contributed by atoms with Gasteiger partial charge in [0.25, 0.3) is 11.5 Å². The molecule has 0 bridgehead atoms. The maximum atomic E-state index is 14.6. The third kappa shape index (κ3) is 2.88. The number of aromatic nitrogens is 2. The minimum absolute atomic E-state index is 0.201. The van der Waals surface area contributed by atoms with Gasteiger partial charge < -0.3 is 20.3 Å². The summed E-state index contributed by atoms with van der Waals surface area (Å²) in [4.78, 5) is 40.6. The second-order valence-corrected chi connectivity index (χ2v) is 7.02. The van der Waals surface area contributed by atoms with Crippen LogP contribution in [0.15, 0.2) is 22.6 Å². The smallest absolute Gasteiger partial charge is 0.322 e. The molecule has 0 aliphatic carbocycles. The highest BCUT2D eigenvalue weighted by molar-refractivity contribution is 7.09. The van der Waals surface area contributed by atoms with E-state index in [9.17, 15) is 28.3 Å². The van der Waals surface area contributed by atoms with Gasteiger partial charge in [-0.1, -0.05) is 0 Å². The summed E-state index contributed by atoms with van der Waals surface area (Å²) in [6, 6.07) is -0.393. The van der Waals surface area contributed by atoms with Crippen LogP contribution >= 0.6 is 11.3 Å². The molecule has 0 fully saturated rings. The lowest BCUT2D eigenvalue weighted by molar-refractivity contribution is -0.135. The number of carbonyl (C=O) groups excluding carboxylic acids is 1. The molecule has 2 aromatic heterocycles. The predicted octanol–water partition coefficient (Wildman–Crippen LogP) is 1.24. The largest absolute Gasteiger partial charge is 0.506 e. The van der Waals surface area contributed by atoms with Crippen molar-refractivity contribution in [1.82, 2.24) is 14.9 Å². The number of thiazole rings is 1. The number of carboxylic acids is 1. The van der Waals surface area contributed by atoms with Crippen molar-refractivity contribution in [3.8, 4) is 11.5 Å². The number of ether oxygens (including phenoxy) is 1. The summed E-state index contributed by atoms with van der Waals surface area (Å²) in [7, 11) is 0. The number of hydrogen-bond acceptors (Lipinski definition) is 7. The Labute approximate surface area is 163 Å². The first kappa shape index (κ1) is 18.8. The van der Waals surface area contributed by atoms with E-state index in [1.165, 1.54) is 11.7 Å². The van der Waals surface area contributed by atoms with E-state index in [-0.39, 0.29) is 12.1 Å². The summed E-state index contributed by atoms with van der Waals surface area (Å²) in [5.41, 5.74) is -0.762. The zero-order chi connectivity index (χ0) is 20.9. The first-order valence-electron chi connectivity index (χ1n) is 8.11. The molecule has 150 valence electrons. The summed E-state index contributed by atoms with van der Waals surface area (Å²) >= 11 is 1.16. The van der Waals surface area contributed by atoms with Crippen LogP contribution in [0.1, 0.15) is 21.3 Å². The zero-order valence-corrected chi connectivity index (χ0v) is 15.1. The van der Waals surface area contributed by atoms with Gasteiger partial charge in [0, 0.05) is 12.3 Å². The molecule has 9 nitrogen and oxygen atoms in total. The fourth-order valence-electron chi connectivity index (χ4n) is 3.21. The van der Waals surface area contributed by atoms with Gasteiger partial charge in [0.05, 0.1) is 15.8 Å². The normalized spacial score (nSPS) is 15.2. The Kier molecular flexibility index (Phi) is 4.42. The van der Waals surface area contributed by atoms with Crippen molar-refractivity contribution in [3.63, 3.8) is 0 Å². The number of pyridine rings is 1. The van der Waals surface area contributed by atoms with Crippen LogP contribution < -0.4 is 15.6 Å². The Morgan fingerprint density at radius 2 is 2.14 bits per heavy atom. The van der Waals surface area contributed by atoms with Crippen LogP contribution in [0.4, 0.5) is 8.78 Å². The summed E-state index contributed by atoms with van der Waals surface area (Å²) in [6.07, 6.45) is 1.44. The van der Waals surface area contributed by atoms with E-state index in [1.807, 2.05) is 5.32 Å². The third-order valence-corrected chi connectivity index (χ3v) is 5.29. The van der Waals surface area contributed by atoms with Gasteiger partial charge in [0.1, 0.15) is 41.8 Å². The number of nitrogens with one attached hydrogen (secondary N) is 1. The average molecular weight is 423 g/mol. The van der Waals surface area contributed by atoms with E-state index in [1.54, 1.807) is 0 Å². The number of rotatable bonds is 4. The molecule has 3 N–H and O–H groups in total. The fraction of sp³-hybridized carbons (Fsp3) is 0.176. The Hall–Kier alpha value is -3.54. The van der Waals surface area contributed by atoms with Crippen LogP contribution in [0.2, 0.25) is 0 Å². The minimum Gasteiger partial charge on any atom is -0.506 e. The SMILES string of the molecule is O=C(O)CNC(=O)c1c(O)c2c(F)cc(F)c3c2n(c1=O)C(c1cncs1)CO3. The number of benzene rings is 1. The monoisotopic (exact) mass is 423 g/mol. The van der Waals surface area contributed by atoms with Gasteiger partial charge >= 0.3 is 5.97 Å². The number of aliphatic carboxylic acids is 1. The second kappa shape index (κ2) is 6.81. The zero-order valence-electron chi connectivity index (χ0n) is 14.3. The molecule has 3 aromatic rings. The first-order chi connectivity index (χ1) is 13.8. The van der Waals surface area contributed by atoms with Crippen molar-refractivity contribution < 1.29 is 33.3 Å². The Balaban J connectivity index is 2.07. The molecule has 0 saturated heterocycles. The van der Waals surface area contributed by atoms with Gasteiger partial charge in [-0.05, 0) is 0 Å². The molecule has 0 saturated carbocycles. The molecule has 1 aliphatic heterocycles. The van der Waals surface area contributed by atoms with Crippen molar-refractivity contribution in [2.45, 2.75) is 6.04 Å². The summed E-state index contributed by atoms with van der Waals surface area (Å²) in [6.45, 7) is -1.03. The average Bonchev–Trinajstić information content (AvgIpc) is 3.19. The molecule has 0 spiro atoms. The summed E-state index contributed by atoms with van der Waals surface area (Å²) in [5.74, 6) is -6.35. The summed E-state index contributed by atoms with van der Waals surface area (Å²) in [5, 5.41) is 20.6. The molecule has 3 heterocycles. The molecular weight excluding hydrogens is 412 g/mol. The maximum Gasteiger partial charge on any atom is 0.322 e. The Morgan fingerprint density at radius 3 is 2.79 bits per heavy atom. The van der Waals surface area contributed by atoms with Crippen LogP contribution in [-0.4, -0.2) is 44.8 Å². The van der Waals surface area contributed by atoms with E-state index in [0.29, 0.717) is 10.9 Å². The number of nitrogens with zero attached hydrogens (tertiary/aromatic N) is 2. The maximum absolute atomic E-state index is 14.6. The van der Waals surface area contributed by atoms with Crippen LogP contribution in [0.5, 0.6) is 11.5 Å². The highest BCUT2D eigenvalue weighted by Crippen LogP contribution is 2.41. The lowest BCUT2D eigenvalue weighted by Crippen LogP contribution is -2.39. The van der Waals surface area contributed by atoms with Gasteiger partial charge in [-0.15, -0.1) is 11.3 Å². The quantitative estimate of drug-likeness (QED) is 0.575. The van der Waals surface area contributed by atoms with Crippen molar-refractivity contribution in [2.75, 3.05) is 13.2 Å². The van der Waals surface area contributed by atoms with Crippen molar-refractivity contribution >= 4 is 34.1 Å². The Morgan fingerprint density at radius 1 is 1.38 bits per heavy atom. The number of aromatic hydroxyl groups is 1. The molecule has 1 aromatic carbocycles. The summed E-state index contributed by atoms with van der Waals surface area (Å²) < 4.78 is 35.2. The molecule has 4 rings (SSSR count). The second-order valence-electron chi connectivity index (χ2n) is 6.10. The van der Waals surface area contributed by atoms with Crippen LogP contribution in [0.3, 0.4) is 0 Å². The molecule has 1 unspecified atom stereocenters. The molecule has 1 atom stereocenters. The first-order valence-corrected chi connectivity index (χ1v) is 8.99. The third-order valence-electron chi connectivity index (χ3n) is 4.41. The predicted molar refractivity (Wildman–Crippen MR) is 95.5 cm³/mol. The van der Waals surface area contributed by atoms with Gasteiger partial charge in [-0.3, -0.25) is 23.9 Å². The molecule has 1 amide bonds. The highest BCUT2D eigenvalue weighted by atomic mass is 32.1. The van der Waals surface area contributed by atoms with E-state index in [2.05, 4.69) is 4.98 Å². The van der Waals surface area contributed by atoms with E-state index >= 15 is 0 Å². The van der Waals surface area contributed by atoms with E-state index < -0.39 is 64.1 Å². The fourth-order valence-corrected chi connectivity index (χ4v) is 3.91. The van der Waals surface area contributed by atoms with Crippen molar-refractivity contribution in [3.05, 3.63) is 50.2 Å². The molecule has 12 heteroatoms. The molecule has 29 heavy (non-hydrogen) atoms. The number of hydrogen-bond donors (Lipinski definition) is 3.